The quantitative estimate of drug-likeness (QED) is 0.622. The van der Waals surface area contributed by atoms with Crippen molar-refractivity contribution < 1.29 is 27.2 Å². The largest absolute Gasteiger partial charge is 0.468 e. The molecule has 0 N–H and O–H groups in total. The van der Waals surface area contributed by atoms with Gasteiger partial charge in [-0.3, -0.25) is 9.59 Å². The Morgan fingerprint density at radius 2 is 2.08 bits per heavy atom. The summed E-state index contributed by atoms with van der Waals surface area (Å²) in [5.74, 6) is -1.07. The first kappa shape index (κ1) is 18.1. The second-order valence-corrected chi connectivity index (χ2v) is 8.37. The predicted molar refractivity (Wildman–Crippen MR) is 93.5 cm³/mol. The third kappa shape index (κ3) is 3.60. The Bertz CT molecular complexity index is 1150. The van der Waals surface area contributed by atoms with Crippen molar-refractivity contribution in [2.24, 2.45) is 4.99 Å². The zero-order valence-electron chi connectivity index (χ0n) is 13.8. The van der Waals surface area contributed by atoms with Gasteiger partial charge in [0.15, 0.2) is 20.4 Å². The minimum atomic E-state index is -3.39. The van der Waals surface area contributed by atoms with E-state index in [0.29, 0.717) is 10.2 Å². The second-order valence-electron chi connectivity index (χ2n) is 5.34. The fourth-order valence-electron chi connectivity index (χ4n) is 2.26. The molecule has 2 aromatic heterocycles. The van der Waals surface area contributed by atoms with Gasteiger partial charge in [-0.2, -0.15) is 4.99 Å². The van der Waals surface area contributed by atoms with Crippen LogP contribution in [0.1, 0.15) is 10.6 Å². The van der Waals surface area contributed by atoms with Crippen molar-refractivity contribution in [1.82, 2.24) is 4.57 Å². The monoisotopic (exact) mass is 394 g/mol. The number of furan rings is 1. The van der Waals surface area contributed by atoms with E-state index in [-0.39, 0.29) is 22.0 Å². The molecule has 3 rings (SSSR count). The molecule has 8 nitrogen and oxygen atoms in total. The van der Waals surface area contributed by atoms with Crippen LogP contribution in [0, 0.1) is 0 Å². The summed E-state index contributed by atoms with van der Waals surface area (Å²) in [5.41, 5.74) is 0.568. The lowest BCUT2D eigenvalue weighted by Crippen LogP contribution is -2.22. The molecule has 0 aliphatic rings. The number of aromatic nitrogens is 1. The highest BCUT2D eigenvalue weighted by atomic mass is 32.2. The van der Waals surface area contributed by atoms with E-state index in [2.05, 4.69) is 9.73 Å². The van der Waals surface area contributed by atoms with E-state index in [1.807, 2.05) is 0 Å². The first-order valence-corrected chi connectivity index (χ1v) is 10.0. The van der Waals surface area contributed by atoms with Crippen molar-refractivity contribution in [3.63, 3.8) is 0 Å². The van der Waals surface area contributed by atoms with E-state index in [4.69, 9.17) is 4.42 Å². The van der Waals surface area contributed by atoms with Crippen LogP contribution in [0.3, 0.4) is 0 Å². The topological polar surface area (TPSA) is 108 Å². The minimum absolute atomic E-state index is 0.0592. The maximum Gasteiger partial charge on any atom is 0.325 e. The number of ether oxygens (including phenoxy) is 1. The van der Waals surface area contributed by atoms with Crippen LogP contribution >= 0.6 is 11.3 Å². The molecule has 1 amide bonds. The molecule has 10 heteroatoms. The fraction of sp³-hybridized carbons (Fsp3) is 0.188. The van der Waals surface area contributed by atoms with Crippen LogP contribution in [0.2, 0.25) is 0 Å². The number of hydrogen-bond donors (Lipinski definition) is 0. The minimum Gasteiger partial charge on any atom is -0.468 e. The lowest BCUT2D eigenvalue weighted by Gasteiger charge is -2.04. The molecule has 0 spiro atoms. The summed E-state index contributed by atoms with van der Waals surface area (Å²) >= 11 is 1.09. The van der Waals surface area contributed by atoms with E-state index in [1.165, 1.54) is 36.1 Å². The molecule has 0 aliphatic carbocycles. The Balaban J connectivity index is 2.21. The summed E-state index contributed by atoms with van der Waals surface area (Å²) in [6, 6.07) is 7.54. The molecule has 2 heterocycles. The van der Waals surface area contributed by atoms with Gasteiger partial charge in [-0.15, -0.1) is 0 Å². The number of benzene rings is 1. The average molecular weight is 394 g/mol. The molecule has 136 valence electrons. The van der Waals surface area contributed by atoms with Gasteiger partial charge in [0.25, 0.3) is 0 Å². The van der Waals surface area contributed by atoms with Gasteiger partial charge in [0.05, 0.1) is 28.5 Å². The predicted octanol–water partition coefficient (Wildman–Crippen LogP) is 1.61. The number of sulfone groups is 1. The summed E-state index contributed by atoms with van der Waals surface area (Å²) in [7, 11) is -2.14. The molecule has 0 saturated carbocycles. The zero-order chi connectivity index (χ0) is 18.9. The molecule has 0 bridgehead atoms. The summed E-state index contributed by atoms with van der Waals surface area (Å²) in [6.07, 6.45) is 2.46. The molecule has 26 heavy (non-hydrogen) atoms. The Hall–Kier alpha value is -2.72. The molecular formula is C16H14N2O6S2. The van der Waals surface area contributed by atoms with Gasteiger partial charge in [-0.1, -0.05) is 11.3 Å². The van der Waals surface area contributed by atoms with Gasteiger partial charge in [-0.25, -0.2) is 8.42 Å². The van der Waals surface area contributed by atoms with E-state index >= 15 is 0 Å². The van der Waals surface area contributed by atoms with Crippen LogP contribution in [-0.2, 0) is 25.9 Å². The highest BCUT2D eigenvalue weighted by Crippen LogP contribution is 2.22. The summed E-state index contributed by atoms with van der Waals surface area (Å²) < 4.78 is 35.3. The number of esters is 1. The van der Waals surface area contributed by atoms with Gasteiger partial charge in [-0.05, 0) is 30.3 Å². The van der Waals surface area contributed by atoms with E-state index < -0.39 is 21.7 Å². The summed E-state index contributed by atoms with van der Waals surface area (Å²) in [5, 5.41) is 0. The molecular weight excluding hydrogens is 380 g/mol. The normalized spacial score (nSPS) is 12.5. The van der Waals surface area contributed by atoms with Crippen molar-refractivity contribution in [2.45, 2.75) is 11.4 Å². The van der Waals surface area contributed by atoms with Gasteiger partial charge < -0.3 is 13.7 Å². The molecule has 0 atom stereocenters. The molecule has 0 fully saturated rings. The number of carbonyl (C=O) groups excluding carboxylic acids is 2. The number of carbonyl (C=O) groups is 2. The van der Waals surface area contributed by atoms with Gasteiger partial charge in [0.1, 0.15) is 6.54 Å². The smallest absolute Gasteiger partial charge is 0.325 e. The Labute approximate surface area is 152 Å². The van der Waals surface area contributed by atoms with Crippen molar-refractivity contribution >= 4 is 43.3 Å². The Morgan fingerprint density at radius 3 is 2.69 bits per heavy atom. The highest BCUT2D eigenvalue weighted by molar-refractivity contribution is 7.90. The number of nitrogens with zero attached hydrogens (tertiary/aromatic N) is 2. The van der Waals surface area contributed by atoms with E-state index in [0.717, 1.165) is 17.6 Å². The van der Waals surface area contributed by atoms with Crippen LogP contribution in [0.15, 0.2) is 50.9 Å². The second kappa shape index (κ2) is 6.89. The molecule has 0 aliphatic heterocycles. The first-order chi connectivity index (χ1) is 12.3. The third-order valence-corrected chi connectivity index (χ3v) is 5.68. The third-order valence-electron chi connectivity index (χ3n) is 3.53. The number of amides is 1. The zero-order valence-corrected chi connectivity index (χ0v) is 15.5. The fourth-order valence-corrected chi connectivity index (χ4v) is 4.05. The average Bonchev–Trinajstić information content (AvgIpc) is 3.22. The van der Waals surface area contributed by atoms with Crippen LogP contribution in [0.25, 0.3) is 10.2 Å². The lowest BCUT2D eigenvalue weighted by atomic mass is 10.3. The van der Waals surface area contributed by atoms with Gasteiger partial charge in [0, 0.05) is 6.26 Å². The van der Waals surface area contributed by atoms with Crippen LogP contribution < -0.4 is 4.80 Å². The van der Waals surface area contributed by atoms with Crippen molar-refractivity contribution in [3.8, 4) is 0 Å². The van der Waals surface area contributed by atoms with Crippen molar-refractivity contribution in [2.75, 3.05) is 13.4 Å². The van der Waals surface area contributed by atoms with Crippen LogP contribution in [-0.4, -0.2) is 38.2 Å². The Morgan fingerprint density at radius 1 is 1.31 bits per heavy atom. The maximum atomic E-state index is 12.2. The standard InChI is InChI=1S/C16H14N2O6S2/c1-23-14(19)9-18-11-6-5-10(26(2,21)22)8-13(11)25-16(18)17-15(20)12-4-3-7-24-12/h3-8H,9H2,1-2H3. The van der Waals surface area contributed by atoms with Gasteiger partial charge >= 0.3 is 11.9 Å². The van der Waals surface area contributed by atoms with Crippen molar-refractivity contribution in [1.29, 1.82) is 0 Å². The molecule has 0 unspecified atom stereocenters. The number of fused-ring (bicyclic) bond motifs is 1. The van der Waals surface area contributed by atoms with E-state index in [1.54, 1.807) is 12.1 Å². The van der Waals surface area contributed by atoms with Gasteiger partial charge in [0.2, 0.25) is 0 Å². The molecule has 3 aromatic rings. The van der Waals surface area contributed by atoms with Crippen molar-refractivity contribution in [3.05, 3.63) is 47.2 Å². The maximum absolute atomic E-state index is 12.2. The highest BCUT2D eigenvalue weighted by Gasteiger charge is 2.16. The number of thiazole rings is 1. The van der Waals surface area contributed by atoms with Crippen LogP contribution in [0.5, 0.6) is 0 Å². The molecule has 0 saturated heterocycles. The number of hydrogen-bond acceptors (Lipinski definition) is 7. The number of methoxy groups -OCH3 is 1. The molecule has 1 aromatic carbocycles. The Kier molecular flexibility index (Phi) is 4.79. The summed E-state index contributed by atoms with van der Waals surface area (Å²) in [6.45, 7) is -0.168. The lowest BCUT2D eigenvalue weighted by molar-refractivity contribution is -0.141. The van der Waals surface area contributed by atoms with Crippen LogP contribution in [0.4, 0.5) is 0 Å². The molecule has 0 radical (unpaired) electrons. The number of rotatable bonds is 4. The first-order valence-electron chi connectivity index (χ1n) is 7.32. The summed E-state index contributed by atoms with van der Waals surface area (Å²) in [4.78, 5) is 28.3. The SMILES string of the molecule is COC(=O)Cn1c(=NC(=O)c2ccco2)sc2cc(S(C)(=O)=O)ccc21. The van der Waals surface area contributed by atoms with E-state index in [9.17, 15) is 18.0 Å².